The quantitative estimate of drug-likeness (QED) is 0.534. The second-order valence-electron chi connectivity index (χ2n) is 2.39. The molecule has 0 amide bonds. The summed E-state index contributed by atoms with van der Waals surface area (Å²) in [4.78, 5) is 0. The van der Waals surface area contributed by atoms with Crippen molar-refractivity contribution >= 4 is 29.6 Å². The van der Waals surface area contributed by atoms with E-state index >= 15 is 0 Å². The third kappa shape index (κ3) is 3.30. The lowest BCUT2D eigenvalue weighted by molar-refractivity contribution is 0.442. The highest BCUT2D eigenvalue weighted by atomic mass is 35.7. The van der Waals surface area contributed by atoms with Gasteiger partial charge < -0.3 is 0 Å². The summed E-state index contributed by atoms with van der Waals surface area (Å²) in [5.74, 6) is 0.432. The molecule has 0 spiro atoms. The molecule has 0 heterocycles. The second kappa shape index (κ2) is 4.68. The van der Waals surface area contributed by atoms with Crippen LogP contribution in [0.4, 0.5) is 0 Å². The molecule has 0 saturated heterocycles. The molecule has 1 atom stereocenters. The summed E-state index contributed by atoms with van der Waals surface area (Å²) in [6.07, 6.45) is 0. The van der Waals surface area contributed by atoms with Crippen LogP contribution in [-0.4, -0.2) is 42.9 Å². The number of alkyl halides is 1. The molecule has 0 aliphatic carbocycles. The molecule has 1 unspecified atom stereocenters. The van der Waals surface area contributed by atoms with Crippen LogP contribution < -0.4 is 0 Å². The van der Waals surface area contributed by atoms with E-state index in [1.54, 1.807) is 25.8 Å². The molecule has 0 aromatic heterocycles. The molecule has 0 radical (unpaired) electrons. The zero-order valence-electron chi connectivity index (χ0n) is 6.92. The van der Waals surface area contributed by atoms with Crippen molar-refractivity contribution in [3.63, 3.8) is 0 Å². The monoisotopic (exact) mass is 218 g/mol. The molecule has 68 valence electrons. The zero-order valence-corrected chi connectivity index (χ0v) is 9.33. The van der Waals surface area contributed by atoms with E-state index in [0.29, 0.717) is 12.4 Å². The van der Waals surface area contributed by atoms with E-state index in [1.165, 1.54) is 4.67 Å². The summed E-state index contributed by atoms with van der Waals surface area (Å²) in [5, 5.41) is 0. The summed E-state index contributed by atoms with van der Waals surface area (Å²) in [7, 11) is 5.05. The number of hydrogen-bond acceptors (Lipinski definition) is 1. The van der Waals surface area contributed by atoms with Gasteiger partial charge in [0.2, 0.25) is 0 Å². The average Bonchev–Trinajstić information content (AvgIpc) is 1.88. The molecule has 0 bridgehead atoms. The number of nitrogens with zero attached hydrogens (tertiary/aromatic N) is 2. The largest absolute Gasteiger partial charge is 0.303 e. The summed E-state index contributed by atoms with van der Waals surface area (Å²) in [6.45, 7) is -2.29. The third-order valence-electron chi connectivity index (χ3n) is 1.32. The molecular formula is C5H13Cl2N2OP. The molecule has 0 rings (SSSR count). The van der Waals surface area contributed by atoms with Crippen LogP contribution in [0.5, 0.6) is 0 Å². The Balaban J connectivity index is 4.18. The summed E-state index contributed by atoms with van der Waals surface area (Å²) >= 11 is 11.2. The van der Waals surface area contributed by atoms with Crippen molar-refractivity contribution in [2.24, 2.45) is 0 Å². The molecule has 0 aromatic carbocycles. The SMILES string of the molecule is CN(C)P(=O)(Cl)N(C)CCCl. The lowest BCUT2D eigenvalue weighted by atomic mass is 10.8. The van der Waals surface area contributed by atoms with Crippen molar-refractivity contribution in [1.82, 2.24) is 9.34 Å². The fourth-order valence-electron chi connectivity index (χ4n) is 0.551. The molecule has 0 saturated carbocycles. The minimum Gasteiger partial charge on any atom is -0.271 e. The van der Waals surface area contributed by atoms with Crippen molar-refractivity contribution < 1.29 is 4.57 Å². The Hall–Kier alpha value is 0.730. The van der Waals surface area contributed by atoms with Crippen LogP contribution in [0.3, 0.4) is 0 Å². The number of hydrogen-bond donors (Lipinski definition) is 0. The second-order valence-corrected chi connectivity index (χ2v) is 6.52. The van der Waals surface area contributed by atoms with E-state index in [4.69, 9.17) is 22.8 Å². The molecule has 0 aliphatic rings. The standard InChI is InChI=1S/C5H13Cl2N2OP/c1-8(2)11(7,10)9(3)5-4-6/h4-5H2,1-3H3. The fraction of sp³-hybridized carbons (Fsp3) is 1.00. The maximum atomic E-state index is 11.6. The van der Waals surface area contributed by atoms with E-state index in [-0.39, 0.29) is 0 Å². The van der Waals surface area contributed by atoms with Gasteiger partial charge in [-0.2, -0.15) is 0 Å². The summed E-state index contributed by atoms with van der Waals surface area (Å²) in [5.41, 5.74) is 0. The van der Waals surface area contributed by atoms with Gasteiger partial charge in [0.1, 0.15) is 0 Å². The third-order valence-corrected chi connectivity index (χ3v) is 5.20. The first-order valence-electron chi connectivity index (χ1n) is 3.18. The highest BCUT2D eigenvalue weighted by molar-refractivity contribution is 7.85. The fourth-order valence-corrected chi connectivity index (χ4v) is 2.11. The van der Waals surface area contributed by atoms with Gasteiger partial charge in [-0.1, -0.05) is 0 Å². The molecule has 0 aliphatic heterocycles. The Morgan fingerprint density at radius 2 is 1.82 bits per heavy atom. The van der Waals surface area contributed by atoms with E-state index < -0.39 is 6.80 Å². The van der Waals surface area contributed by atoms with E-state index in [2.05, 4.69) is 0 Å². The van der Waals surface area contributed by atoms with Gasteiger partial charge in [-0.25, -0.2) is 9.34 Å². The van der Waals surface area contributed by atoms with Gasteiger partial charge in [0, 0.05) is 12.4 Å². The highest BCUT2D eigenvalue weighted by Gasteiger charge is 2.26. The van der Waals surface area contributed by atoms with Crippen LogP contribution in [0.25, 0.3) is 0 Å². The minimum atomic E-state index is -2.82. The van der Waals surface area contributed by atoms with Gasteiger partial charge in [0.15, 0.2) is 0 Å². The van der Waals surface area contributed by atoms with Crippen molar-refractivity contribution in [3.8, 4) is 0 Å². The zero-order chi connectivity index (χ0) is 9.07. The molecule has 3 nitrogen and oxygen atoms in total. The number of rotatable bonds is 4. The van der Waals surface area contributed by atoms with Crippen LogP contribution in [-0.2, 0) is 4.57 Å². The van der Waals surface area contributed by atoms with Crippen LogP contribution in [0.1, 0.15) is 0 Å². The predicted octanol–water partition coefficient (Wildman–Crippen LogP) is 2.07. The normalized spacial score (nSPS) is 17.4. The van der Waals surface area contributed by atoms with Crippen LogP contribution in [0.15, 0.2) is 0 Å². The van der Waals surface area contributed by atoms with Crippen LogP contribution in [0.2, 0.25) is 0 Å². The maximum absolute atomic E-state index is 11.6. The van der Waals surface area contributed by atoms with Gasteiger partial charge in [-0.05, 0) is 32.4 Å². The number of halogens is 2. The van der Waals surface area contributed by atoms with Gasteiger partial charge in [-0.3, -0.25) is 4.57 Å². The Bertz CT molecular complexity index is 165. The Morgan fingerprint density at radius 1 is 1.36 bits per heavy atom. The highest BCUT2D eigenvalue weighted by Crippen LogP contribution is 2.55. The summed E-state index contributed by atoms with van der Waals surface area (Å²) < 4.78 is 14.6. The Labute approximate surface area is 77.5 Å². The molecule has 0 fully saturated rings. The van der Waals surface area contributed by atoms with Crippen molar-refractivity contribution in [1.29, 1.82) is 0 Å². The Kier molecular flexibility index (Phi) is 4.99. The molecular weight excluding hydrogens is 206 g/mol. The van der Waals surface area contributed by atoms with Crippen molar-refractivity contribution in [2.45, 2.75) is 0 Å². The van der Waals surface area contributed by atoms with Gasteiger partial charge in [-0.15, -0.1) is 11.6 Å². The lowest BCUT2D eigenvalue weighted by Gasteiger charge is -2.26. The minimum absolute atomic E-state index is 0.432. The Morgan fingerprint density at radius 3 is 2.09 bits per heavy atom. The first-order valence-corrected chi connectivity index (χ1v) is 6.23. The van der Waals surface area contributed by atoms with Crippen molar-refractivity contribution in [2.75, 3.05) is 33.6 Å². The first-order chi connectivity index (χ1) is 4.92. The van der Waals surface area contributed by atoms with Crippen LogP contribution >= 0.6 is 29.6 Å². The van der Waals surface area contributed by atoms with Gasteiger partial charge >= 0.3 is 6.80 Å². The van der Waals surface area contributed by atoms with Crippen LogP contribution in [0, 0.1) is 0 Å². The molecule has 11 heavy (non-hydrogen) atoms. The van der Waals surface area contributed by atoms with E-state index in [0.717, 1.165) is 0 Å². The smallest absolute Gasteiger partial charge is 0.271 e. The predicted molar refractivity (Wildman–Crippen MR) is 50.5 cm³/mol. The van der Waals surface area contributed by atoms with E-state index in [1.807, 2.05) is 0 Å². The molecule has 0 N–H and O–H groups in total. The van der Waals surface area contributed by atoms with Gasteiger partial charge in [0.05, 0.1) is 0 Å². The molecule has 0 aromatic rings. The van der Waals surface area contributed by atoms with Crippen molar-refractivity contribution in [3.05, 3.63) is 0 Å². The van der Waals surface area contributed by atoms with E-state index in [9.17, 15) is 4.57 Å². The average molecular weight is 219 g/mol. The maximum Gasteiger partial charge on any atom is 0.303 e. The molecule has 6 heteroatoms. The first kappa shape index (κ1) is 11.7. The van der Waals surface area contributed by atoms with Gasteiger partial charge in [0.25, 0.3) is 0 Å². The summed E-state index contributed by atoms with van der Waals surface area (Å²) in [6, 6.07) is 0. The lowest BCUT2D eigenvalue weighted by Crippen LogP contribution is -2.22. The topological polar surface area (TPSA) is 23.6 Å².